The van der Waals surface area contributed by atoms with Crippen LogP contribution in [0.4, 0.5) is 0 Å². The number of carbonyl (C=O) groups excluding carboxylic acids is 1. The summed E-state index contributed by atoms with van der Waals surface area (Å²) in [6, 6.07) is 0. The molecule has 4 fully saturated rings. The number of carbonyl (C=O) groups is 1. The van der Waals surface area contributed by atoms with Gasteiger partial charge in [0.15, 0.2) is 0 Å². The normalized spacial score (nSPS) is 48.4. The Labute approximate surface area is 195 Å². The molecule has 0 aromatic heterocycles. The molecule has 5 aliphatic rings. The Kier molecular flexibility index (Phi) is 5.63. The van der Waals surface area contributed by atoms with Crippen molar-refractivity contribution in [2.75, 3.05) is 0 Å². The topological polar surface area (TPSA) is 46.5 Å². The van der Waals surface area contributed by atoms with E-state index in [4.69, 9.17) is 4.74 Å². The summed E-state index contributed by atoms with van der Waals surface area (Å²) >= 11 is 0. The van der Waals surface area contributed by atoms with Crippen molar-refractivity contribution in [3.63, 3.8) is 0 Å². The van der Waals surface area contributed by atoms with Gasteiger partial charge < -0.3 is 9.84 Å². The molecule has 5 rings (SSSR count). The fourth-order valence-electron chi connectivity index (χ4n) is 9.74. The Morgan fingerprint density at radius 2 is 1.84 bits per heavy atom. The molecule has 1 heterocycles. The van der Waals surface area contributed by atoms with E-state index >= 15 is 0 Å². The molecule has 4 saturated carbocycles. The van der Waals surface area contributed by atoms with Gasteiger partial charge >= 0.3 is 5.97 Å². The Morgan fingerprint density at radius 1 is 1.06 bits per heavy atom. The second kappa shape index (κ2) is 7.85. The van der Waals surface area contributed by atoms with Gasteiger partial charge in [0.25, 0.3) is 0 Å². The summed E-state index contributed by atoms with van der Waals surface area (Å²) in [5.74, 6) is 4.44. The average molecular weight is 443 g/mol. The van der Waals surface area contributed by atoms with Crippen LogP contribution in [0.2, 0.25) is 0 Å². The maximum atomic E-state index is 11.9. The monoisotopic (exact) mass is 442 g/mol. The molecule has 0 aromatic carbocycles. The van der Waals surface area contributed by atoms with Gasteiger partial charge in [-0.3, -0.25) is 0 Å². The molecular formula is C29H46O3. The van der Waals surface area contributed by atoms with Crippen LogP contribution < -0.4 is 0 Å². The van der Waals surface area contributed by atoms with E-state index in [1.165, 1.54) is 44.9 Å². The summed E-state index contributed by atoms with van der Waals surface area (Å²) in [6.07, 6.45) is 14.6. The first-order valence-electron chi connectivity index (χ1n) is 13.7. The maximum Gasteiger partial charge on any atom is 0.331 e. The van der Waals surface area contributed by atoms with Crippen LogP contribution in [0.25, 0.3) is 0 Å². The number of aliphatic hydroxyl groups is 1. The lowest BCUT2D eigenvalue weighted by Crippen LogP contribution is -2.63. The van der Waals surface area contributed by atoms with Gasteiger partial charge in [-0.1, -0.05) is 53.9 Å². The Hall–Kier alpha value is -0.830. The van der Waals surface area contributed by atoms with E-state index in [-0.39, 0.29) is 17.5 Å². The van der Waals surface area contributed by atoms with Crippen molar-refractivity contribution in [3.8, 4) is 0 Å². The van der Waals surface area contributed by atoms with Gasteiger partial charge in [-0.2, -0.15) is 0 Å². The first kappa shape index (κ1) is 22.9. The molecule has 0 aromatic rings. The van der Waals surface area contributed by atoms with E-state index in [1.807, 2.05) is 0 Å². The number of hydrogen-bond acceptors (Lipinski definition) is 3. The number of ether oxygens (including phenoxy) is 1. The molecule has 0 radical (unpaired) electrons. The van der Waals surface area contributed by atoms with E-state index in [0.29, 0.717) is 17.8 Å². The molecular weight excluding hydrogens is 396 g/mol. The molecule has 3 heteroatoms. The van der Waals surface area contributed by atoms with Gasteiger partial charge in [0, 0.05) is 17.9 Å². The SMILES string of the molecule is CC(C)CCC[C@@H](C)[C@H]1CC[C@H]2[C@@H]3CC[C@@]4(O)C[C@H]5OC(=O)C=C5C[C@]4(C)[C@H]3CC[C@]12C. The quantitative estimate of drug-likeness (QED) is 0.483. The molecule has 3 nitrogen and oxygen atoms in total. The summed E-state index contributed by atoms with van der Waals surface area (Å²) < 4.78 is 5.54. The molecule has 0 saturated heterocycles. The minimum absolute atomic E-state index is 0.117. The van der Waals surface area contributed by atoms with Crippen LogP contribution in [-0.2, 0) is 9.53 Å². The molecule has 0 bridgehead atoms. The van der Waals surface area contributed by atoms with E-state index in [0.717, 1.165) is 54.4 Å². The molecule has 0 amide bonds. The van der Waals surface area contributed by atoms with E-state index in [2.05, 4.69) is 34.6 Å². The van der Waals surface area contributed by atoms with Crippen molar-refractivity contribution < 1.29 is 14.6 Å². The fraction of sp³-hybridized carbons (Fsp3) is 0.897. The molecule has 4 aliphatic carbocycles. The van der Waals surface area contributed by atoms with E-state index < -0.39 is 5.60 Å². The summed E-state index contributed by atoms with van der Waals surface area (Å²) in [4.78, 5) is 11.9. The van der Waals surface area contributed by atoms with Crippen molar-refractivity contribution in [2.24, 2.45) is 46.3 Å². The minimum Gasteiger partial charge on any atom is -0.455 e. The second-order valence-corrected chi connectivity index (χ2v) is 13.4. The third-order valence-electron chi connectivity index (χ3n) is 11.5. The van der Waals surface area contributed by atoms with Crippen LogP contribution in [0.15, 0.2) is 11.6 Å². The predicted molar refractivity (Wildman–Crippen MR) is 128 cm³/mol. The summed E-state index contributed by atoms with van der Waals surface area (Å²) in [7, 11) is 0. The van der Waals surface area contributed by atoms with Crippen LogP contribution in [0.3, 0.4) is 0 Å². The van der Waals surface area contributed by atoms with Gasteiger partial charge in [-0.25, -0.2) is 4.79 Å². The molecule has 1 aliphatic heterocycles. The van der Waals surface area contributed by atoms with Gasteiger partial charge in [0.2, 0.25) is 0 Å². The molecule has 180 valence electrons. The highest BCUT2D eigenvalue weighted by Crippen LogP contribution is 2.69. The van der Waals surface area contributed by atoms with Gasteiger partial charge in [-0.15, -0.1) is 0 Å². The lowest BCUT2D eigenvalue weighted by atomic mass is 9.42. The highest BCUT2D eigenvalue weighted by Gasteiger charge is 2.66. The number of rotatable bonds is 5. The smallest absolute Gasteiger partial charge is 0.331 e. The first-order valence-corrected chi connectivity index (χ1v) is 13.7. The van der Waals surface area contributed by atoms with Crippen molar-refractivity contribution >= 4 is 5.97 Å². The third-order valence-corrected chi connectivity index (χ3v) is 11.5. The Balaban J connectivity index is 1.35. The van der Waals surface area contributed by atoms with E-state index in [1.54, 1.807) is 6.08 Å². The summed E-state index contributed by atoms with van der Waals surface area (Å²) in [5, 5.41) is 11.9. The maximum absolute atomic E-state index is 11.9. The molecule has 32 heavy (non-hydrogen) atoms. The highest BCUT2D eigenvalue weighted by molar-refractivity contribution is 5.86. The molecule has 9 atom stereocenters. The van der Waals surface area contributed by atoms with Crippen molar-refractivity contribution in [3.05, 3.63) is 11.6 Å². The van der Waals surface area contributed by atoms with Gasteiger partial charge in [0.1, 0.15) is 6.10 Å². The lowest BCUT2D eigenvalue weighted by molar-refractivity contribution is -0.210. The van der Waals surface area contributed by atoms with Crippen LogP contribution in [0.5, 0.6) is 0 Å². The zero-order valence-electron chi connectivity index (χ0n) is 21.2. The van der Waals surface area contributed by atoms with Crippen molar-refractivity contribution in [1.82, 2.24) is 0 Å². The Bertz CT molecular complexity index is 785. The number of esters is 1. The van der Waals surface area contributed by atoms with E-state index in [9.17, 15) is 9.90 Å². The second-order valence-electron chi connectivity index (χ2n) is 13.4. The lowest BCUT2D eigenvalue weighted by Gasteiger charge is -2.64. The zero-order valence-corrected chi connectivity index (χ0v) is 21.2. The minimum atomic E-state index is -0.684. The van der Waals surface area contributed by atoms with Crippen molar-refractivity contribution in [2.45, 2.75) is 117 Å². The average Bonchev–Trinajstić information content (AvgIpc) is 3.23. The standard InChI is InChI=1S/C29H46O3/c1-18(2)7-6-8-19(3)22-9-10-23-21-11-14-29(31)17-25-20(15-26(30)32-25)16-28(29,5)24(21)12-13-27(22,23)4/h15,18-19,21-25,31H,6-14,16-17H2,1-5H3/t19-,21+,22-,23+,24+,25-,27-,28-,29-/m1/s1. The number of hydrogen-bond donors (Lipinski definition) is 1. The van der Waals surface area contributed by atoms with Crippen LogP contribution in [-0.4, -0.2) is 22.8 Å². The first-order chi connectivity index (χ1) is 15.1. The fourth-order valence-corrected chi connectivity index (χ4v) is 9.74. The molecule has 0 unspecified atom stereocenters. The molecule has 0 spiro atoms. The van der Waals surface area contributed by atoms with Gasteiger partial charge in [-0.05, 0) is 91.4 Å². The summed E-state index contributed by atoms with van der Waals surface area (Å²) in [5.41, 5.74) is 0.831. The van der Waals surface area contributed by atoms with Crippen LogP contribution in [0, 0.1) is 46.3 Å². The molecule has 1 N–H and O–H groups in total. The van der Waals surface area contributed by atoms with Crippen LogP contribution in [0.1, 0.15) is 105 Å². The largest absolute Gasteiger partial charge is 0.455 e. The van der Waals surface area contributed by atoms with Gasteiger partial charge in [0.05, 0.1) is 5.60 Å². The zero-order chi connectivity index (χ0) is 22.9. The third kappa shape index (κ3) is 3.35. The predicted octanol–water partition coefficient (Wildman–Crippen LogP) is 6.68. The van der Waals surface area contributed by atoms with Crippen LogP contribution >= 0.6 is 0 Å². The van der Waals surface area contributed by atoms with Crippen molar-refractivity contribution in [1.29, 1.82) is 0 Å². The Morgan fingerprint density at radius 3 is 2.59 bits per heavy atom. The number of fused-ring (bicyclic) bond motifs is 6. The summed E-state index contributed by atoms with van der Waals surface area (Å²) in [6.45, 7) is 12.2. The highest BCUT2D eigenvalue weighted by atomic mass is 16.5.